The largest absolute Gasteiger partial charge is 0.375 e. The highest BCUT2D eigenvalue weighted by Gasteiger charge is 2.16. The highest BCUT2D eigenvalue weighted by atomic mass is 79.9. The van der Waals surface area contributed by atoms with Gasteiger partial charge in [0.2, 0.25) is 0 Å². The lowest BCUT2D eigenvalue weighted by Crippen LogP contribution is -2.37. The molecule has 0 amide bonds. The van der Waals surface area contributed by atoms with E-state index in [-0.39, 0.29) is 5.60 Å². The molecular formula is C11H18BrNOS. The first-order valence-corrected chi connectivity index (χ1v) is 6.79. The van der Waals surface area contributed by atoms with E-state index in [1.54, 1.807) is 11.3 Å². The Balaban J connectivity index is 2.30. The van der Waals surface area contributed by atoms with Gasteiger partial charge in [-0.1, -0.05) is 0 Å². The van der Waals surface area contributed by atoms with E-state index >= 15 is 0 Å². The molecule has 0 aliphatic heterocycles. The average Bonchev–Trinajstić information content (AvgIpc) is 2.51. The van der Waals surface area contributed by atoms with Crippen LogP contribution in [0.1, 0.15) is 25.6 Å². The Morgan fingerprint density at radius 1 is 1.53 bits per heavy atom. The lowest BCUT2D eigenvalue weighted by atomic mass is 10.1. The summed E-state index contributed by atoms with van der Waals surface area (Å²) in [5.74, 6) is 0. The summed E-state index contributed by atoms with van der Waals surface area (Å²) in [6.07, 6.45) is 0. The fourth-order valence-electron chi connectivity index (χ4n) is 1.37. The molecule has 0 spiro atoms. The van der Waals surface area contributed by atoms with E-state index in [0.29, 0.717) is 0 Å². The van der Waals surface area contributed by atoms with Gasteiger partial charge >= 0.3 is 0 Å². The first kappa shape index (κ1) is 13.2. The van der Waals surface area contributed by atoms with Gasteiger partial charge < -0.3 is 10.1 Å². The second-order valence-corrected chi connectivity index (χ2v) is 5.84. The zero-order valence-corrected chi connectivity index (χ0v) is 11.9. The Labute approximate surface area is 104 Å². The van der Waals surface area contributed by atoms with Crippen LogP contribution in [-0.4, -0.2) is 18.8 Å². The van der Waals surface area contributed by atoms with E-state index in [1.165, 1.54) is 9.35 Å². The Hall–Kier alpha value is 0.100. The van der Waals surface area contributed by atoms with Gasteiger partial charge in [0.25, 0.3) is 0 Å². The van der Waals surface area contributed by atoms with Crippen molar-refractivity contribution in [3.63, 3.8) is 0 Å². The molecule has 0 fully saturated rings. The third-order valence-electron chi connectivity index (χ3n) is 2.06. The summed E-state index contributed by atoms with van der Waals surface area (Å²) in [5.41, 5.74) is -0.0848. The van der Waals surface area contributed by atoms with Gasteiger partial charge in [0.1, 0.15) is 0 Å². The second kappa shape index (κ2) is 5.99. The van der Waals surface area contributed by atoms with Gasteiger partial charge in [-0.2, -0.15) is 0 Å². The van der Waals surface area contributed by atoms with Crippen LogP contribution in [0.5, 0.6) is 0 Å². The quantitative estimate of drug-likeness (QED) is 0.867. The van der Waals surface area contributed by atoms with Gasteiger partial charge in [0.15, 0.2) is 0 Å². The number of hydrogen-bond donors (Lipinski definition) is 1. The summed E-state index contributed by atoms with van der Waals surface area (Å²) in [7, 11) is 0. The minimum absolute atomic E-state index is 0.0848. The van der Waals surface area contributed by atoms with Crippen LogP contribution in [0.25, 0.3) is 0 Å². The van der Waals surface area contributed by atoms with Crippen molar-refractivity contribution in [1.29, 1.82) is 0 Å². The Bertz CT molecular complexity index is 299. The van der Waals surface area contributed by atoms with Crippen LogP contribution < -0.4 is 5.32 Å². The summed E-state index contributed by atoms with van der Waals surface area (Å²) < 4.78 is 6.80. The molecule has 0 atom stereocenters. The van der Waals surface area contributed by atoms with Crippen LogP contribution in [0.3, 0.4) is 0 Å². The lowest BCUT2D eigenvalue weighted by molar-refractivity contribution is -0.00894. The van der Waals surface area contributed by atoms with E-state index in [2.05, 4.69) is 46.5 Å². The van der Waals surface area contributed by atoms with E-state index in [1.807, 2.05) is 6.92 Å². The molecule has 0 saturated heterocycles. The molecule has 1 aromatic rings. The summed E-state index contributed by atoms with van der Waals surface area (Å²) in [5, 5.41) is 5.50. The maximum absolute atomic E-state index is 5.61. The maximum Gasteiger partial charge on any atom is 0.0750 e. The normalized spacial score (nSPS) is 12.0. The highest BCUT2D eigenvalue weighted by molar-refractivity contribution is 9.10. The van der Waals surface area contributed by atoms with Gasteiger partial charge in [-0.3, -0.25) is 0 Å². The minimum Gasteiger partial charge on any atom is -0.375 e. The molecule has 1 rings (SSSR count). The van der Waals surface area contributed by atoms with Crippen molar-refractivity contribution < 1.29 is 4.74 Å². The van der Waals surface area contributed by atoms with Crippen LogP contribution in [-0.2, 0) is 11.3 Å². The first-order chi connectivity index (χ1) is 7.05. The smallest absolute Gasteiger partial charge is 0.0750 e. The summed E-state index contributed by atoms with van der Waals surface area (Å²) in [6, 6.07) is 2.08. The zero-order chi connectivity index (χ0) is 11.3. The predicted octanol–water partition coefficient (Wildman–Crippen LogP) is 3.42. The highest BCUT2D eigenvalue weighted by Crippen LogP contribution is 2.22. The first-order valence-electron chi connectivity index (χ1n) is 5.11. The van der Waals surface area contributed by atoms with Crippen LogP contribution in [0, 0.1) is 0 Å². The molecule has 1 heterocycles. The molecule has 4 heteroatoms. The van der Waals surface area contributed by atoms with Crippen molar-refractivity contribution in [3.8, 4) is 0 Å². The SMILES string of the molecule is CCOC(C)(C)CNCc1sccc1Br. The zero-order valence-electron chi connectivity index (χ0n) is 9.47. The summed E-state index contributed by atoms with van der Waals surface area (Å²) >= 11 is 5.28. The Kier molecular flexibility index (Phi) is 5.26. The monoisotopic (exact) mass is 291 g/mol. The van der Waals surface area contributed by atoms with E-state index in [0.717, 1.165) is 19.7 Å². The van der Waals surface area contributed by atoms with Gasteiger partial charge in [0.05, 0.1) is 5.60 Å². The fourth-order valence-corrected chi connectivity index (χ4v) is 2.83. The topological polar surface area (TPSA) is 21.3 Å². The number of thiophene rings is 1. The van der Waals surface area contributed by atoms with Crippen LogP contribution in [0.2, 0.25) is 0 Å². The van der Waals surface area contributed by atoms with Crippen molar-refractivity contribution in [3.05, 3.63) is 20.8 Å². The van der Waals surface area contributed by atoms with Gasteiger partial charge in [-0.15, -0.1) is 11.3 Å². The molecule has 0 aliphatic rings. The van der Waals surface area contributed by atoms with Crippen LogP contribution >= 0.6 is 27.3 Å². The average molecular weight is 292 g/mol. The Morgan fingerprint density at radius 3 is 2.80 bits per heavy atom. The Morgan fingerprint density at radius 2 is 2.27 bits per heavy atom. The third-order valence-corrected chi connectivity index (χ3v) is 3.99. The molecule has 86 valence electrons. The molecule has 1 aromatic heterocycles. The molecule has 0 aliphatic carbocycles. The van der Waals surface area contributed by atoms with Crippen molar-refractivity contribution in [2.75, 3.05) is 13.2 Å². The lowest BCUT2D eigenvalue weighted by Gasteiger charge is -2.24. The minimum atomic E-state index is -0.0848. The molecule has 0 aromatic carbocycles. The standard InChI is InChI=1S/C11H18BrNOS/c1-4-14-11(2,3)8-13-7-10-9(12)5-6-15-10/h5-6,13H,4,7-8H2,1-3H3. The maximum atomic E-state index is 5.61. The number of ether oxygens (including phenoxy) is 1. The van der Waals surface area contributed by atoms with Gasteiger partial charge in [0, 0.05) is 29.0 Å². The van der Waals surface area contributed by atoms with E-state index in [4.69, 9.17) is 4.74 Å². The van der Waals surface area contributed by atoms with Crippen molar-refractivity contribution in [2.45, 2.75) is 32.9 Å². The molecule has 0 bridgehead atoms. The fraction of sp³-hybridized carbons (Fsp3) is 0.636. The predicted molar refractivity (Wildman–Crippen MR) is 69.4 cm³/mol. The van der Waals surface area contributed by atoms with Gasteiger partial charge in [-0.05, 0) is 48.1 Å². The van der Waals surface area contributed by atoms with Crippen LogP contribution in [0.15, 0.2) is 15.9 Å². The van der Waals surface area contributed by atoms with Crippen molar-refractivity contribution >= 4 is 27.3 Å². The second-order valence-electron chi connectivity index (χ2n) is 3.99. The number of rotatable bonds is 6. The van der Waals surface area contributed by atoms with Gasteiger partial charge in [-0.25, -0.2) is 0 Å². The molecule has 15 heavy (non-hydrogen) atoms. The summed E-state index contributed by atoms with van der Waals surface area (Å²) in [4.78, 5) is 1.34. The summed E-state index contributed by atoms with van der Waals surface area (Å²) in [6.45, 7) is 8.76. The molecule has 1 N–H and O–H groups in total. The number of nitrogens with one attached hydrogen (secondary N) is 1. The molecule has 2 nitrogen and oxygen atoms in total. The molecular weight excluding hydrogens is 274 g/mol. The van der Waals surface area contributed by atoms with Crippen LogP contribution in [0.4, 0.5) is 0 Å². The van der Waals surface area contributed by atoms with Crippen molar-refractivity contribution in [2.24, 2.45) is 0 Å². The van der Waals surface area contributed by atoms with Crippen molar-refractivity contribution in [1.82, 2.24) is 5.32 Å². The molecule has 0 saturated carbocycles. The molecule has 0 radical (unpaired) electrons. The van der Waals surface area contributed by atoms with E-state index < -0.39 is 0 Å². The number of halogens is 1. The van der Waals surface area contributed by atoms with E-state index in [9.17, 15) is 0 Å². The molecule has 0 unspecified atom stereocenters. The third kappa shape index (κ3) is 4.64. The number of hydrogen-bond acceptors (Lipinski definition) is 3.